The van der Waals surface area contributed by atoms with E-state index in [4.69, 9.17) is 109 Å². The molecule has 0 bridgehead atoms. The monoisotopic (exact) mass is 1280 g/mol. The Hall–Kier alpha value is -5.00. The Morgan fingerprint density at radius 3 is 0.822 bits per heavy atom. The molecule has 3 aromatic rings. The van der Waals surface area contributed by atoms with E-state index in [1.54, 1.807) is 43.7 Å². The van der Waals surface area contributed by atoms with Crippen LogP contribution in [0.4, 0.5) is 5.69 Å². The molecule has 0 N–H and O–H groups in total. The van der Waals surface area contributed by atoms with Crippen LogP contribution >= 0.6 is 0 Å². The van der Waals surface area contributed by atoms with Crippen LogP contribution in [0.25, 0.3) is 0 Å². The van der Waals surface area contributed by atoms with E-state index in [2.05, 4.69) is 4.99 Å². The van der Waals surface area contributed by atoms with E-state index in [0.29, 0.717) is 262 Å². The molecule has 0 aromatic heterocycles. The minimum absolute atomic E-state index is 0.107. The molecule has 508 valence electrons. The second-order valence-electron chi connectivity index (χ2n) is 18.8. The molecular weight excluding hydrogens is 1180 g/mol. The number of aliphatic imine (C=N–C) groups is 1. The van der Waals surface area contributed by atoms with Crippen molar-refractivity contribution < 1.29 is 114 Å². The van der Waals surface area contributed by atoms with E-state index in [0.717, 1.165) is 22.3 Å². The maximum atomic E-state index is 12.6. The summed E-state index contributed by atoms with van der Waals surface area (Å²) in [5.74, 6) is -0.106. The van der Waals surface area contributed by atoms with Gasteiger partial charge in [-0.25, -0.2) is 4.79 Å². The lowest BCUT2D eigenvalue weighted by Crippen LogP contribution is -2.16. The molecule has 0 saturated carbocycles. The van der Waals surface area contributed by atoms with E-state index in [-0.39, 0.29) is 31.5 Å². The van der Waals surface area contributed by atoms with Crippen molar-refractivity contribution in [1.29, 1.82) is 5.26 Å². The minimum Gasteiger partial charge on any atom is -0.463 e. The van der Waals surface area contributed by atoms with Crippen LogP contribution in [0.3, 0.4) is 0 Å². The van der Waals surface area contributed by atoms with Gasteiger partial charge in [-0.2, -0.15) is 4.99 Å². The first kappa shape index (κ1) is 79.2. The lowest BCUT2D eigenvalue weighted by molar-refractivity contribution is -0.144. The Morgan fingerprint density at radius 2 is 0.578 bits per heavy atom. The summed E-state index contributed by atoms with van der Waals surface area (Å²) < 4.78 is 120. The topological polar surface area (TPSA) is 273 Å². The van der Waals surface area contributed by atoms with Gasteiger partial charge in [0.25, 0.3) is 6.26 Å². The van der Waals surface area contributed by atoms with Crippen molar-refractivity contribution in [2.75, 3.05) is 271 Å². The summed E-state index contributed by atoms with van der Waals surface area (Å²) in [4.78, 5) is 27.0. The molecule has 0 aliphatic rings. The third-order valence-electron chi connectivity index (χ3n) is 12.1. The molecule has 1 unspecified atom stereocenters. The number of hydrogen-bond donors (Lipinski definition) is 0. The molecule has 3 rings (SSSR count). The molecule has 0 amide bonds. The molecule has 0 fully saturated rings. The fourth-order valence-corrected chi connectivity index (χ4v) is 7.62. The predicted octanol–water partition coefficient (Wildman–Crippen LogP) is 4.74. The maximum absolute atomic E-state index is 12.6. The highest BCUT2D eigenvalue weighted by Gasteiger charge is 2.18. The maximum Gasteiger partial charge on any atom is 0.310 e. The van der Waals surface area contributed by atoms with Crippen LogP contribution in [0.5, 0.6) is 5.75 Å². The second-order valence-corrected chi connectivity index (χ2v) is 18.8. The van der Waals surface area contributed by atoms with Crippen LogP contribution in [-0.4, -0.2) is 283 Å². The molecule has 0 saturated heterocycles. The van der Waals surface area contributed by atoms with Crippen LogP contribution in [-0.2, 0) is 115 Å². The van der Waals surface area contributed by atoms with Gasteiger partial charge < -0.3 is 104 Å². The zero-order chi connectivity index (χ0) is 63.8. The van der Waals surface area contributed by atoms with E-state index >= 15 is 0 Å². The molecule has 0 aliphatic carbocycles. The molecule has 26 heteroatoms. The van der Waals surface area contributed by atoms with E-state index in [1.165, 1.54) is 0 Å². The Kier molecular flexibility index (Phi) is 54.1. The predicted molar refractivity (Wildman–Crippen MR) is 326 cm³/mol. The van der Waals surface area contributed by atoms with Crippen LogP contribution < -0.4 is 4.74 Å². The highest BCUT2D eigenvalue weighted by atomic mass is 16.6. The fraction of sp³-hybridized carbons (Fsp3) is 0.672. The smallest absolute Gasteiger partial charge is 0.310 e. The Morgan fingerprint density at radius 1 is 0.344 bits per heavy atom. The first-order valence-electron chi connectivity index (χ1n) is 30.7. The van der Waals surface area contributed by atoms with Crippen molar-refractivity contribution in [3.63, 3.8) is 0 Å². The lowest BCUT2D eigenvalue weighted by Gasteiger charge is -2.19. The zero-order valence-corrected chi connectivity index (χ0v) is 52.7. The van der Waals surface area contributed by atoms with Crippen molar-refractivity contribution >= 4 is 17.7 Å². The normalized spacial score (nSPS) is 11.6. The van der Waals surface area contributed by atoms with Crippen LogP contribution in [0.2, 0.25) is 0 Å². The van der Waals surface area contributed by atoms with Crippen molar-refractivity contribution in [1.82, 2.24) is 0 Å². The molecule has 26 nitrogen and oxygen atoms in total. The third-order valence-corrected chi connectivity index (χ3v) is 12.1. The van der Waals surface area contributed by atoms with Crippen LogP contribution in [0.15, 0.2) is 77.8 Å². The molecule has 90 heavy (non-hydrogen) atoms. The highest BCUT2D eigenvalue weighted by molar-refractivity contribution is 5.72. The van der Waals surface area contributed by atoms with Crippen molar-refractivity contribution in [3.8, 4) is 12.0 Å². The largest absolute Gasteiger partial charge is 0.463 e. The second kappa shape index (κ2) is 61.5. The molecule has 0 radical (unpaired) electrons. The van der Waals surface area contributed by atoms with Gasteiger partial charge in [0.1, 0.15) is 12.4 Å². The van der Waals surface area contributed by atoms with Crippen molar-refractivity contribution in [2.24, 2.45) is 4.99 Å². The van der Waals surface area contributed by atoms with Gasteiger partial charge in [0, 0.05) is 13.0 Å². The summed E-state index contributed by atoms with van der Waals surface area (Å²) in [6.45, 7) is 18.6. The van der Waals surface area contributed by atoms with Gasteiger partial charge in [-0.15, -0.1) is 5.26 Å². The van der Waals surface area contributed by atoms with Gasteiger partial charge in [0.2, 0.25) is 6.08 Å². The number of carbonyl (C=O) groups excluding carboxylic acids is 2. The van der Waals surface area contributed by atoms with Gasteiger partial charge in [-0.3, -0.25) is 4.79 Å². The first-order valence-corrected chi connectivity index (χ1v) is 30.7. The van der Waals surface area contributed by atoms with Gasteiger partial charge in [0.05, 0.1) is 270 Å². The average molecular weight is 1280 g/mol. The summed E-state index contributed by atoms with van der Waals surface area (Å²) in [7, 11) is 1.64. The number of carbonyl (C=O) groups is 1. The zero-order valence-electron chi connectivity index (χ0n) is 52.7. The number of rotatable bonds is 67. The molecular formula is C64H98N2O24. The lowest BCUT2D eigenvalue weighted by atomic mass is 9.84. The number of isocyanates is 1. The van der Waals surface area contributed by atoms with Gasteiger partial charge in [-0.1, -0.05) is 48.5 Å². The molecule has 3 aromatic carbocycles. The Balaban J connectivity index is 0.932. The summed E-state index contributed by atoms with van der Waals surface area (Å²) in [6, 6.07) is 22.3. The van der Waals surface area contributed by atoms with Crippen LogP contribution in [0.1, 0.15) is 28.2 Å². The number of hydrogen-bond acceptors (Lipinski definition) is 26. The van der Waals surface area contributed by atoms with Crippen molar-refractivity contribution in [3.05, 3.63) is 95.1 Å². The SMILES string of the molecule is COCCOCCOCCOCCOCCOCCOCCOCCOCCOCCOCCOCCOCCOCCOCCOCCOCCOCCOCCOCCOC(=O)Cc1ccc(C(c2ccc(N=C=O)cc2)c2ccc(OC#N)cc2)cc1. The minimum atomic E-state index is -0.363. The number of nitrogens with zero attached hydrogens (tertiary/aromatic N) is 2. The van der Waals surface area contributed by atoms with E-state index in [9.17, 15) is 9.59 Å². The number of benzene rings is 3. The highest BCUT2D eigenvalue weighted by Crippen LogP contribution is 2.34. The van der Waals surface area contributed by atoms with E-state index in [1.807, 2.05) is 48.5 Å². The average Bonchev–Trinajstić information content (AvgIpc) is 1.34. The van der Waals surface area contributed by atoms with E-state index < -0.39 is 0 Å². The summed E-state index contributed by atoms with van der Waals surface area (Å²) in [5, 5.41) is 8.87. The summed E-state index contributed by atoms with van der Waals surface area (Å²) >= 11 is 0. The third kappa shape index (κ3) is 47.0. The summed E-state index contributed by atoms with van der Waals surface area (Å²) in [6.07, 6.45) is 3.34. The standard InChI is InChI=1S/C64H98N2O24/c1-69-14-15-70-16-17-71-18-19-72-20-21-73-22-23-74-24-25-75-26-27-76-28-29-77-30-31-78-32-33-79-34-35-80-36-37-81-38-39-82-40-41-83-42-43-84-44-45-85-46-47-86-48-49-87-50-51-88-52-53-89-63(68)54-57-2-4-58(5-3-57)64(59-6-10-61(11-7-59)66-56-67)60-8-12-62(13-9-60)90-55-65/h2-13,64H,14-54H2,1H3. The Labute approximate surface area is 530 Å². The number of methoxy groups -OCH3 is 1. The summed E-state index contributed by atoms with van der Waals surface area (Å²) in [5.41, 5.74) is 4.19. The van der Waals surface area contributed by atoms with Crippen LogP contribution in [0, 0.1) is 11.5 Å². The molecule has 0 heterocycles. The number of esters is 1. The quantitative estimate of drug-likeness (QED) is 0.0184. The van der Waals surface area contributed by atoms with Crippen molar-refractivity contribution in [2.45, 2.75) is 12.3 Å². The first-order chi connectivity index (χ1) is 44.6. The molecule has 0 spiro atoms. The van der Waals surface area contributed by atoms with Gasteiger partial charge in [0.15, 0.2) is 0 Å². The number of ether oxygens (including phenoxy) is 22. The molecule has 1 atom stereocenters. The fourth-order valence-electron chi connectivity index (χ4n) is 7.62. The number of nitriles is 1. The van der Waals surface area contributed by atoms with Gasteiger partial charge in [-0.05, 0) is 46.5 Å². The Bertz CT molecular complexity index is 2150. The molecule has 0 aliphatic heterocycles. The van der Waals surface area contributed by atoms with Gasteiger partial charge >= 0.3 is 5.97 Å².